The van der Waals surface area contributed by atoms with Crippen LogP contribution in [0.1, 0.15) is 10.3 Å². The third-order valence-electron chi connectivity index (χ3n) is 3.02. The molecular formula is C12H12N2O3S2. The molecule has 2 unspecified atom stereocenters. The summed E-state index contributed by atoms with van der Waals surface area (Å²) in [5.41, 5.74) is 1.19. The molecule has 1 aliphatic heterocycles. The lowest BCUT2D eigenvalue weighted by molar-refractivity contribution is -0.465. The molecule has 1 aromatic heterocycles. The molecule has 0 spiro atoms. The molecule has 5 nitrogen and oxygen atoms in total. The number of rotatable bonds is 2. The van der Waals surface area contributed by atoms with E-state index < -0.39 is 0 Å². The molecule has 0 aliphatic carbocycles. The Morgan fingerprint density at radius 1 is 1.47 bits per heavy atom. The van der Waals surface area contributed by atoms with Crippen LogP contribution in [0.15, 0.2) is 30.5 Å². The lowest BCUT2D eigenvalue weighted by Gasteiger charge is -2.19. The van der Waals surface area contributed by atoms with Crippen molar-refractivity contribution in [2.24, 2.45) is 0 Å². The van der Waals surface area contributed by atoms with Crippen LogP contribution < -0.4 is 4.43 Å². The summed E-state index contributed by atoms with van der Waals surface area (Å²) < 4.78 is 1.47. The lowest BCUT2D eigenvalue weighted by Crippen LogP contribution is -2.20. The zero-order valence-electron chi connectivity index (χ0n) is 9.93. The molecule has 1 aromatic carbocycles. The van der Waals surface area contributed by atoms with E-state index >= 15 is 0 Å². The Kier molecular flexibility index (Phi) is 3.42. The molecule has 0 amide bonds. The minimum atomic E-state index is -0.0977. The number of hydrogen-bond donors (Lipinski definition) is 1. The summed E-state index contributed by atoms with van der Waals surface area (Å²) in [6.07, 6.45) is 1.35. The van der Waals surface area contributed by atoms with Crippen LogP contribution in [0.5, 0.6) is 0 Å². The molecule has 3 rings (SSSR count). The van der Waals surface area contributed by atoms with Crippen LogP contribution in [0.2, 0.25) is 0 Å². The van der Waals surface area contributed by atoms with Gasteiger partial charge in [0.05, 0.1) is 15.6 Å². The monoisotopic (exact) mass is 296 g/mol. The van der Waals surface area contributed by atoms with Gasteiger partial charge in [0.15, 0.2) is 0 Å². The van der Waals surface area contributed by atoms with E-state index in [0.717, 1.165) is 14.9 Å². The number of benzene rings is 1. The van der Waals surface area contributed by atoms with Crippen molar-refractivity contribution in [3.05, 3.63) is 46.3 Å². The first-order chi connectivity index (χ1) is 9.20. The van der Waals surface area contributed by atoms with Crippen LogP contribution in [0.4, 0.5) is 0 Å². The van der Waals surface area contributed by atoms with Crippen LogP contribution in [0.25, 0.3) is 11.0 Å². The standard InChI is InChI=1S/C12H12N2O3S2/c15-6-8-7-18-12(19-8)11-5-13(16)9-3-1-2-4-10(9)14(11)17/h1-5,8,12,15H,6-7H2. The van der Waals surface area contributed by atoms with Crippen molar-refractivity contribution in [2.75, 3.05) is 12.4 Å². The summed E-state index contributed by atoms with van der Waals surface area (Å²) >= 11 is 3.12. The number of hydrogen-bond acceptors (Lipinski definition) is 5. The second kappa shape index (κ2) is 5.07. The second-order valence-corrected chi connectivity index (χ2v) is 7.12. The summed E-state index contributed by atoms with van der Waals surface area (Å²) in [6, 6.07) is 6.75. The summed E-state index contributed by atoms with van der Waals surface area (Å²) in [5, 5.41) is 21.6. The van der Waals surface area contributed by atoms with E-state index in [2.05, 4.69) is 0 Å². The number of nitrogens with zero attached hydrogens (tertiary/aromatic N) is 2. The van der Waals surface area contributed by atoms with Crippen molar-refractivity contribution in [1.29, 1.82) is 0 Å². The van der Waals surface area contributed by atoms with E-state index in [9.17, 15) is 10.1 Å². The molecule has 0 saturated carbocycles. The highest BCUT2D eigenvalue weighted by atomic mass is 32.2. The van der Waals surface area contributed by atoms with Gasteiger partial charge in [0.1, 0.15) is 11.2 Å². The number of aliphatic hydroxyl groups is 1. The van der Waals surface area contributed by atoms with Crippen LogP contribution in [0.3, 0.4) is 0 Å². The van der Waals surface area contributed by atoms with Crippen molar-refractivity contribution in [1.82, 2.24) is 4.73 Å². The van der Waals surface area contributed by atoms with Crippen LogP contribution >= 0.6 is 23.5 Å². The zero-order chi connectivity index (χ0) is 13.4. The Morgan fingerprint density at radius 2 is 2.26 bits per heavy atom. The molecule has 0 radical (unpaired) electrons. The maximum absolute atomic E-state index is 12.3. The highest BCUT2D eigenvalue weighted by Crippen LogP contribution is 2.48. The van der Waals surface area contributed by atoms with Gasteiger partial charge in [-0.1, -0.05) is 12.1 Å². The minimum Gasteiger partial charge on any atom is -0.805 e. The molecular weight excluding hydrogens is 284 g/mol. The molecule has 2 atom stereocenters. The number of para-hydroxylation sites is 2. The van der Waals surface area contributed by atoms with Gasteiger partial charge in [0.2, 0.25) is 6.20 Å². The molecule has 19 heavy (non-hydrogen) atoms. The summed E-state index contributed by atoms with van der Waals surface area (Å²) in [4.78, 5) is 12.0. The van der Waals surface area contributed by atoms with Gasteiger partial charge in [0.25, 0.3) is 5.52 Å². The Labute approximate surface area is 117 Å². The third-order valence-corrected chi connectivity index (χ3v) is 6.30. The van der Waals surface area contributed by atoms with Crippen molar-refractivity contribution in [3.8, 4) is 0 Å². The van der Waals surface area contributed by atoms with Crippen LogP contribution in [-0.4, -0.2) is 27.4 Å². The molecule has 1 N–H and O–H groups in total. The van der Waals surface area contributed by atoms with Gasteiger partial charge >= 0.3 is 0 Å². The van der Waals surface area contributed by atoms with Gasteiger partial charge in [-0.05, 0) is 6.07 Å². The molecule has 1 aliphatic rings. The number of aliphatic hydroxyl groups excluding tert-OH is 1. The highest BCUT2D eigenvalue weighted by Gasteiger charge is 2.30. The predicted octanol–water partition coefficient (Wildman–Crippen LogP) is 1.74. The zero-order valence-corrected chi connectivity index (χ0v) is 11.6. The van der Waals surface area contributed by atoms with E-state index in [-0.39, 0.29) is 16.4 Å². The van der Waals surface area contributed by atoms with Crippen molar-refractivity contribution < 1.29 is 9.53 Å². The van der Waals surface area contributed by atoms with Crippen molar-refractivity contribution >= 4 is 34.6 Å². The van der Waals surface area contributed by atoms with E-state index in [0.29, 0.717) is 16.7 Å². The lowest BCUT2D eigenvalue weighted by atomic mass is 10.3. The summed E-state index contributed by atoms with van der Waals surface area (Å²) in [6.45, 7) is 0.0952. The van der Waals surface area contributed by atoms with Gasteiger partial charge in [0, 0.05) is 22.0 Å². The molecule has 1 saturated heterocycles. The number of aromatic nitrogens is 2. The SMILES string of the molecule is O=[n+]1cc(C2SCC(CO)S2)n([O-])c2ccccc21. The van der Waals surface area contributed by atoms with E-state index in [1.807, 2.05) is 0 Å². The first kappa shape index (κ1) is 12.8. The smallest absolute Gasteiger partial charge is 0.285 e. The fraction of sp³-hybridized carbons (Fsp3) is 0.333. The Bertz CT molecular complexity index is 674. The van der Waals surface area contributed by atoms with Gasteiger partial charge in [-0.15, -0.1) is 23.5 Å². The Balaban J connectivity index is 2.10. The fourth-order valence-corrected chi connectivity index (χ4v) is 5.18. The fourth-order valence-electron chi connectivity index (χ4n) is 2.06. The first-order valence-electron chi connectivity index (χ1n) is 5.83. The Hall–Kier alpha value is -1.18. The van der Waals surface area contributed by atoms with Gasteiger partial charge in [-0.25, -0.2) is 0 Å². The average molecular weight is 296 g/mol. The van der Waals surface area contributed by atoms with Gasteiger partial charge in [-0.2, -0.15) is 0 Å². The van der Waals surface area contributed by atoms with Crippen LogP contribution in [-0.2, 0) is 0 Å². The normalized spacial score (nSPS) is 23.0. The third kappa shape index (κ3) is 2.22. The van der Waals surface area contributed by atoms with Crippen molar-refractivity contribution in [2.45, 2.75) is 9.83 Å². The highest BCUT2D eigenvalue weighted by molar-refractivity contribution is 8.19. The maximum atomic E-state index is 12.3. The molecule has 2 aromatic rings. The van der Waals surface area contributed by atoms with Gasteiger partial charge < -0.3 is 15.0 Å². The quantitative estimate of drug-likeness (QED) is 0.855. The van der Waals surface area contributed by atoms with Crippen molar-refractivity contribution in [3.63, 3.8) is 0 Å². The topological polar surface area (TPSA) is 71.2 Å². The largest absolute Gasteiger partial charge is 0.805 e. The molecule has 7 heteroatoms. The molecule has 0 bridgehead atoms. The number of fused-ring (bicyclic) bond motifs is 1. The summed E-state index contributed by atoms with van der Waals surface area (Å²) in [5.74, 6) is 0.789. The van der Waals surface area contributed by atoms with Crippen LogP contribution in [0, 0.1) is 10.1 Å². The first-order valence-corrected chi connectivity index (χ1v) is 7.82. The molecule has 1 fully saturated rings. The Morgan fingerprint density at radius 3 is 3.00 bits per heavy atom. The van der Waals surface area contributed by atoms with E-state index in [1.165, 1.54) is 18.0 Å². The number of thioether (sulfide) groups is 2. The maximum Gasteiger partial charge on any atom is 0.285 e. The minimum absolute atomic E-state index is 0.0952. The van der Waals surface area contributed by atoms with E-state index in [4.69, 9.17) is 5.11 Å². The molecule has 2 heterocycles. The van der Waals surface area contributed by atoms with E-state index in [1.54, 1.807) is 36.0 Å². The van der Waals surface area contributed by atoms with Gasteiger partial charge in [-0.3, -0.25) is 0 Å². The predicted molar refractivity (Wildman–Crippen MR) is 77.7 cm³/mol. The average Bonchev–Trinajstić information content (AvgIpc) is 2.91. The molecule has 100 valence electrons. The second-order valence-electron chi connectivity index (χ2n) is 4.27. The summed E-state index contributed by atoms with van der Waals surface area (Å²) in [7, 11) is 0.